The number of aromatic nitrogens is 2. The molecule has 0 saturated heterocycles. The number of rotatable bonds is 4. The van der Waals surface area contributed by atoms with Crippen LogP contribution in [-0.2, 0) is 16.1 Å². The third kappa shape index (κ3) is 3.09. The third-order valence-electron chi connectivity index (χ3n) is 2.96. The molecule has 2 aromatic rings. The second-order valence-corrected chi connectivity index (χ2v) is 4.54. The standard InChI is InChI=1S/C15H11N5O2/c21-14-8-9-15(22)20(19-14)13-7-6-12(17-18-13)16-10-11-4-2-1-3-5-11/h1-9H,10H2/p+1. The van der Waals surface area contributed by atoms with Crippen molar-refractivity contribution in [2.75, 3.05) is 5.32 Å². The molecule has 0 spiro atoms. The molecule has 0 fully saturated rings. The van der Waals surface area contributed by atoms with Crippen molar-refractivity contribution in [3.8, 4) is 0 Å². The van der Waals surface area contributed by atoms with E-state index in [0.29, 0.717) is 12.4 Å². The fourth-order valence-electron chi connectivity index (χ4n) is 1.88. The molecule has 1 aromatic heterocycles. The first-order chi connectivity index (χ1) is 10.7. The zero-order chi connectivity index (χ0) is 15.4. The van der Waals surface area contributed by atoms with E-state index in [9.17, 15) is 9.59 Å². The minimum atomic E-state index is -0.507. The quantitative estimate of drug-likeness (QED) is 0.869. The summed E-state index contributed by atoms with van der Waals surface area (Å²) in [4.78, 5) is 22.9. The van der Waals surface area contributed by atoms with Crippen LogP contribution in [0.5, 0.6) is 0 Å². The number of carbonyl (C=O) groups is 2. The van der Waals surface area contributed by atoms with Gasteiger partial charge in [0.2, 0.25) is 0 Å². The van der Waals surface area contributed by atoms with Crippen LogP contribution >= 0.6 is 0 Å². The first kappa shape index (κ1) is 13.7. The zero-order valence-corrected chi connectivity index (χ0v) is 11.5. The Morgan fingerprint density at radius 1 is 0.955 bits per heavy atom. The number of benzene rings is 1. The highest BCUT2D eigenvalue weighted by molar-refractivity contribution is 5.96. The summed E-state index contributed by atoms with van der Waals surface area (Å²) in [6.45, 7) is 0.614. The van der Waals surface area contributed by atoms with Gasteiger partial charge in [0.25, 0.3) is 0 Å². The van der Waals surface area contributed by atoms with Crippen molar-refractivity contribution in [2.45, 2.75) is 6.54 Å². The normalized spacial score (nSPS) is 13.9. The summed E-state index contributed by atoms with van der Waals surface area (Å²) < 4.78 is 0.927. The first-order valence-corrected chi connectivity index (χ1v) is 6.62. The first-order valence-electron chi connectivity index (χ1n) is 6.62. The van der Waals surface area contributed by atoms with Gasteiger partial charge in [0.1, 0.15) is 0 Å². The lowest BCUT2D eigenvalue weighted by molar-refractivity contribution is -0.430. The molecule has 108 valence electrons. The summed E-state index contributed by atoms with van der Waals surface area (Å²) in [7, 11) is 0. The van der Waals surface area contributed by atoms with E-state index < -0.39 is 11.8 Å². The zero-order valence-electron chi connectivity index (χ0n) is 11.5. The topological polar surface area (TPSA) is 87.3 Å². The molecule has 1 aliphatic rings. The van der Waals surface area contributed by atoms with Gasteiger partial charge in [-0.05, 0) is 26.5 Å². The Balaban J connectivity index is 1.70. The van der Waals surface area contributed by atoms with E-state index >= 15 is 0 Å². The fourth-order valence-corrected chi connectivity index (χ4v) is 1.88. The summed E-state index contributed by atoms with van der Waals surface area (Å²) in [5.74, 6) is -0.168. The van der Waals surface area contributed by atoms with Crippen molar-refractivity contribution in [3.05, 3.63) is 60.2 Å². The lowest BCUT2D eigenvalue weighted by atomic mass is 10.2. The molecule has 7 nitrogen and oxygen atoms in total. The van der Waals surface area contributed by atoms with Crippen LogP contribution in [0.3, 0.4) is 0 Å². The smallest absolute Gasteiger partial charge is 0.363 e. The number of nitrogens with one attached hydrogen (secondary N) is 1. The molecule has 0 aliphatic carbocycles. The molecular formula is C15H12N5O2+. The van der Waals surface area contributed by atoms with Crippen LogP contribution < -0.4 is 5.32 Å². The number of anilines is 1. The highest BCUT2D eigenvalue weighted by atomic mass is 16.2. The van der Waals surface area contributed by atoms with E-state index in [-0.39, 0.29) is 5.82 Å². The van der Waals surface area contributed by atoms with Crippen LogP contribution in [0.2, 0.25) is 0 Å². The predicted molar refractivity (Wildman–Crippen MR) is 77.3 cm³/mol. The Hall–Kier alpha value is -3.22. The van der Waals surface area contributed by atoms with Crippen LogP contribution in [0.1, 0.15) is 5.56 Å². The van der Waals surface area contributed by atoms with Gasteiger partial charge >= 0.3 is 17.6 Å². The van der Waals surface area contributed by atoms with Crippen LogP contribution in [0, 0.1) is 0 Å². The highest BCUT2D eigenvalue weighted by Gasteiger charge is 2.24. The Labute approximate surface area is 126 Å². The molecule has 3 rings (SSSR count). The Bertz CT molecular complexity index is 766. The van der Waals surface area contributed by atoms with E-state index in [4.69, 9.17) is 0 Å². The average Bonchev–Trinajstić information content (AvgIpc) is 2.57. The highest BCUT2D eigenvalue weighted by Crippen LogP contribution is 2.13. The van der Waals surface area contributed by atoms with Gasteiger partial charge in [0.15, 0.2) is 5.82 Å². The summed E-state index contributed by atoms with van der Waals surface area (Å²) >= 11 is 0. The fraction of sp³-hybridized carbons (Fsp3) is 0.0667. The summed E-state index contributed by atoms with van der Waals surface area (Å²) in [6, 6.07) is 13.1. The second kappa shape index (κ2) is 6.04. The van der Waals surface area contributed by atoms with Gasteiger partial charge in [-0.25, -0.2) is 4.79 Å². The SMILES string of the molecule is O=C1C=CC(=O)[N+](c2ccc(NCc3ccccc3)nn2)=N1. The number of hydrogen-bond donors (Lipinski definition) is 1. The van der Waals surface area contributed by atoms with Crippen molar-refractivity contribution in [1.82, 2.24) is 10.2 Å². The van der Waals surface area contributed by atoms with Gasteiger partial charge < -0.3 is 5.32 Å². The molecule has 1 aliphatic heterocycles. The second-order valence-electron chi connectivity index (χ2n) is 4.54. The number of carbonyl (C=O) groups excluding carboxylic acids is 2. The lowest BCUT2D eigenvalue weighted by Gasteiger charge is -2.03. The van der Waals surface area contributed by atoms with E-state index in [1.54, 1.807) is 12.1 Å². The molecule has 0 radical (unpaired) electrons. The number of azo groups is 2. The Morgan fingerprint density at radius 3 is 2.50 bits per heavy atom. The van der Waals surface area contributed by atoms with Gasteiger partial charge in [0, 0.05) is 24.8 Å². The van der Waals surface area contributed by atoms with Crippen molar-refractivity contribution >= 4 is 23.5 Å². The Morgan fingerprint density at radius 2 is 1.77 bits per heavy atom. The molecule has 7 heteroatoms. The van der Waals surface area contributed by atoms with Gasteiger partial charge in [-0.3, -0.25) is 4.79 Å². The van der Waals surface area contributed by atoms with Gasteiger partial charge in [-0.15, -0.1) is 0 Å². The van der Waals surface area contributed by atoms with Crippen molar-refractivity contribution in [1.29, 1.82) is 0 Å². The summed E-state index contributed by atoms with van der Waals surface area (Å²) in [5, 5.41) is 14.6. The molecule has 0 saturated carbocycles. The largest absolute Gasteiger partial charge is 0.379 e. The number of hydrogen-bond acceptors (Lipinski definition) is 5. The maximum absolute atomic E-state index is 11.6. The molecule has 1 aromatic carbocycles. The van der Waals surface area contributed by atoms with Crippen LogP contribution in [0.4, 0.5) is 11.6 Å². The molecule has 1 N–H and O–H groups in total. The van der Waals surface area contributed by atoms with Crippen molar-refractivity contribution < 1.29 is 14.3 Å². The predicted octanol–water partition coefficient (Wildman–Crippen LogP) is 1.81. The molecule has 22 heavy (non-hydrogen) atoms. The molecule has 2 heterocycles. The molecule has 0 unspecified atom stereocenters. The minimum Gasteiger partial charge on any atom is -0.363 e. The van der Waals surface area contributed by atoms with Gasteiger partial charge in [-0.1, -0.05) is 30.3 Å². The van der Waals surface area contributed by atoms with Crippen molar-refractivity contribution in [2.24, 2.45) is 5.11 Å². The van der Waals surface area contributed by atoms with Crippen LogP contribution in [0.25, 0.3) is 0 Å². The Kier molecular flexibility index (Phi) is 3.78. The lowest BCUT2D eigenvalue weighted by Crippen LogP contribution is -2.18. The van der Waals surface area contributed by atoms with Crippen molar-refractivity contribution in [3.63, 3.8) is 0 Å². The van der Waals surface area contributed by atoms with E-state index in [1.165, 1.54) is 0 Å². The van der Waals surface area contributed by atoms with E-state index in [0.717, 1.165) is 22.4 Å². The molecule has 2 amide bonds. The third-order valence-corrected chi connectivity index (χ3v) is 2.96. The minimum absolute atomic E-state index is 0.202. The molecule has 0 atom stereocenters. The molecule has 0 bridgehead atoms. The summed E-state index contributed by atoms with van der Waals surface area (Å²) in [5.41, 5.74) is 1.12. The monoisotopic (exact) mass is 294 g/mol. The maximum Gasteiger partial charge on any atom is 0.379 e. The maximum atomic E-state index is 11.6. The number of amides is 2. The van der Waals surface area contributed by atoms with E-state index in [2.05, 4.69) is 20.6 Å². The van der Waals surface area contributed by atoms with Gasteiger partial charge in [-0.2, -0.15) is 0 Å². The molecular weight excluding hydrogens is 282 g/mol. The number of nitrogens with zero attached hydrogens (tertiary/aromatic N) is 4. The average molecular weight is 294 g/mol. The van der Waals surface area contributed by atoms with Crippen LogP contribution in [0.15, 0.2) is 59.7 Å². The van der Waals surface area contributed by atoms with E-state index in [1.807, 2.05) is 30.3 Å². The summed E-state index contributed by atoms with van der Waals surface area (Å²) in [6.07, 6.45) is 2.26. The van der Waals surface area contributed by atoms with Gasteiger partial charge in [0.05, 0.1) is 5.10 Å². The van der Waals surface area contributed by atoms with Crippen LogP contribution in [-0.4, -0.2) is 26.7 Å².